The van der Waals surface area contributed by atoms with E-state index in [0.29, 0.717) is 6.54 Å². The highest BCUT2D eigenvalue weighted by molar-refractivity contribution is 4.85. The summed E-state index contributed by atoms with van der Waals surface area (Å²) in [6.45, 7) is 2.21. The van der Waals surface area contributed by atoms with Crippen molar-refractivity contribution in [2.24, 2.45) is 0 Å². The van der Waals surface area contributed by atoms with Gasteiger partial charge in [-0.25, -0.2) is 0 Å². The fourth-order valence-electron chi connectivity index (χ4n) is 2.17. The van der Waals surface area contributed by atoms with Gasteiger partial charge in [-0.2, -0.15) is 0 Å². The highest BCUT2D eigenvalue weighted by Gasteiger charge is 2.33. The molecule has 0 saturated heterocycles. The minimum Gasteiger partial charge on any atom is -0.394 e. The summed E-state index contributed by atoms with van der Waals surface area (Å²) in [5.41, 5.74) is 0. The Hall–Kier alpha value is -0.280. The number of nitrogens with one attached hydrogen (secondary N) is 1. The third-order valence-electron chi connectivity index (χ3n) is 3.74. The van der Waals surface area contributed by atoms with Crippen LogP contribution in [0.25, 0.3) is 0 Å². The molecule has 0 saturated carbocycles. The van der Waals surface area contributed by atoms with Crippen LogP contribution in [0.1, 0.15) is 45.4 Å². The van der Waals surface area contributed by atoms with Crippen molar-refractivity contribution in [2.45, 2.75) is 76.0 Å². The van der Waals surface area contributed by atoms with Crippen LogP contribution in [-0.4, -0.2) is 80.9 Å². The van der Waals surface area contributed by atoms with Crippen LogP contribution in [0.3, 0.4) is 0 Å². The molecule has 0 aromatic rings. The standard InChI is InChI=1S/C15H33NO6/c1-2-3-4-5-6-7-8-16-9-11(18)13(20)15(22)14(21)12(19)10-17/h11-22H,2-10H2,1H3. The summed E-state index contributed by atoms with van der Waals surface area (Å²) in [4.78, 5) is 0. The Morgan fingerprint density at radius 1 is 0.727 bits per heavy atom. The van der Waals surface area contributed by atoms with Gasteiger partial charge in [-0.3, -0.25) is 0 Å². The summed E-state index contributed by atoms with van der Waals surface area (Å²) in [5.74, 6) is 0. The van der Waals surface area contributed by atoms with Crippen LogP contribution < -0.4 is 5.32 Å². The Bertz CT molecular complexity index is 256. The summed E-state index contributed by atoms with van der Waals surface area (Å²) in [6, 6.07) is 0. The Kier molecular flexibility index (Phi) is 13.0. The third kappa shape index (κ3) is 8.99. The lowest BCUT2D eigenvalue weighted by Crippen LogP contribution is -2.52. The SMILES string of the molecule is CCCCCCCCNCC(O)C(O)C(O)C(O)C(O)CO. The number of rotatable bonds is 14. The van der Waals surface area contributed by atoms with Gasteiger partial charge in [0.15, 0.2) is 0 Å². The molecule has 0 aromatic heterocycles. The maximum Gasteiger partial charge on any atom is 0.111 e. The van der Waals surface area contributed by atoms with Crippen molar-refractivity contribution in [3.05, 3.63) is 0 Å². The van der Waals surface area contributed by atoms with Gasteiger partial charge in [0.2, 0.25) is 0 Å². The average Bonchev–Trinajstić information content (AvgIpc) is 2.54. The van der Waals surface area contributed by atoms with Crippen molar-refractivity contribution >= 4 is 0 Å². The predicted molar refractivity (Wildman–Crippen MR) is 83.4 cm³/mol. The molecule has 0 aliphatic heterocycles. The minimum atomic E-state index is -1.73. The van der Waals surface area contributed by atoms with Crippen LogP contribution in [0.15, 0.2) is 0 Å². The van der Waals surface area contributed by atoms with Crippen molar-refractivity contribution in [1.29, 1.82) is 0 Å². The molecule has 134 valence electrons. The molecule has 0 aliphatic carbocycles. The zero-order valence-corrected chi connectivity index (χ0v) is 13.4. The van der Waals surface area contributed by atoms with Crippen LogP contribution in [0.5, 0.6) is 0 Å². The van der Waals surface area contributed by atoms with Gasteiger partial charge in [0.25, 0.3) is 0 Å². The largest absolute Gasteiger partial charge is 0.394 e. The van der Waals surface area contributed by atoms with E-state index in [1.54, 1.807) is 0 Å². The Balaban J connectivity index is 3.79. The molecule has 22 heavy (non-hydrogen) atoms. The molecular formula is C15H33NO6. The van der Waals surface area contributed by atoms with E-state index in [2.05, 4.69) is 12.2 Å². The highest BCUT2D eigenvalue weighted by Crippen LogP contribution is 2.08. The maximum absolute atomic E-state index is 9.74. The fourth-order valence-corrected chi connectivity index (χ4v) is 2.17. The van der Waals surface area contributed by atoms with Gasteiger partial charge >= 0.3 is 0 Å². The first-order valence-electron chi connectivity index (χ1n) is 8.17. The van der Waals surface area contributed by atoms with Gasteiger partial charge in [-0.15, -0.1) is 0 Å². The van der Waals surface area contributed by atoms with E-state index in [9.17, 15) is 25.5 Å². The molecule has 7 N–H and O–H groups in total. The van der Waals surface area contributed by atoms with Gasteiger partial charge in [-0.05, 0) is 13.0 Å². The normalized spacial score (nSPS) is 18.7. The number of hydrogen-bond donors (Lipinski definition) is 7. The lowest BCUT2D eigenvalue weighted by molar-refractivity contribution is -0.139. The molecule has 0 heterocycles. The first-order valence-corrected chi connectivity index (χ1v) is 8.17. The summed E-state index contributed by atoms with van der Waals surface area (Å²) in [7, 11) is 0. The second-order valence-electron chi connectivity index (χ2n) is 5.76. The van der Waals surface area contributed by atoms with Crippen molar-refractivity contribution in [3.8, 4) is 0 Å². The lowest BCUT2D eigenvalue weighted by Gasteiger charge is -2.28. The smallest absolute Gasteiger partial charge is 0.111 e. The molecule has 0 rings (SSSR count). The van der Waals surface area contributed by atoms with E-state index >= 15 is 0 Å². The van der Waals surface area contributed by atoms with Crippen LogP contribution in [0.4, 0.5) is 0 Å². The molecule has 0 spiro atoms. The van der Waals surface area contributed by atoms with Crippen molar-refractivity contribution < 1.29 is 30.6 Å². The van der Waals surface area contributed by atoms with E-state index in [-0.39, 0.29) is 6.54 Å². The quantitative estimate of drug-likeness (QED) is 0.198. The van der Waals surface area contributed by atoms with Crippen molar-refractivity contribution in [2.75, 3.05) is 19.7 Å². The Morgan fingerprint density at radius 3 is 1.86 bits per heavy atom. The van der Waals surface area contributed by atoms with E-state index in [4.69, 9.17) is 5.11 Å². The zero-order chi connectivity index (χ0) is 17.0. The second kappa shape index (κ2) is 13.2. The van der Waals surface area contributed by atoms with Gasteiger partial charge in [0.1, 0.15) is 24.4 Å². The minimum absolute atomic E-state index is 0.0785. The van der Waals surface area contributed by atoms with Crippen LogP contribution in [0, 0.1) is 0 Å². The highest BCUT2D eigenvalue weighted by atomic mass is 16.4. The molecule has 5 unspecified atom stereocenters. The number of aliphatic hydroxyl groups excluding tert-OH is 6. The lowest BCUT2D eigenvalue weighted by atomic mass is 9.99. The molecule has 7 heteroatoms. The van der Waals surface area contributed by atoms with E-state index in [1.807, 2.05) is 0 Å². The van der Waals surface area contributed by atoms with E-state index in [1.165, 1.54) is 25.7 Å². The maximum atomic E-state index is 9.74. The summed E-state index contributed by atoms with van der Waals surface area (Å²) in [6.07, 6.45) is -0.922. The number of aliphatic hydroxyl groups is 6. The molecule has 7 nitrogen and oxygen atoms in total. The van der Waals surface area contributed by atoms with E-state index < -0.39 is 37.1 Å². The van der Waals surface area contributed by atoms with Crippen LogP contribution in [0.2, 0.25) is 0 Å². The molecule has 0 bridgehead atoms. The first kappa shape index (κ1) is 21.7. The van der Waals surface area contributed by atoms with Crippen LogP contribution in [-0.2, 0) is 0 Å². The molecule has 0 aromatic carbocycles. The van der Waals surface area contributed by atoms with Gasteiger partial charge in [0.05, 0.1) is 12.7 Å². The third-order valence-corrected chi connectivity index (χ3v) is 3.74. The fraction of sp³-hybridized carbons (Fsp3) is 1.00. The molecule has 0 aliphatic rings. The molecule has 5 atom stereocenters. The predicted octanol–water partition coefficient (Wildman–Crippen LogP) is -1.27. The number of unbranched alkanes of at least 4 members (excludes halogenated alkanes) is 5. The summed E-state index contributed by atoms with van der Waals surface area (Å²) in [5, 5.41) is 59.4. The summed E-state index contributed by atoms with van der Waals surface area (Å²) >= 11 is 0. The van der Waals surface area contributed by atoms with Crippen molar-refractivity contribution in [3.63, 3.8) is 0 Å². The number of hydrogen-bond acceptors (Lipinski definition) is 7. The Labute approximate surface area is 132 Å². The van der Waals surface area contributed by atoms with Gasteiger partial charge in [-0.1, -0.05) is 39.0 Å². The van der Waals surface area contributed by atoms with E-state index in [0.717, 1.165) is 12.8 Å². The molecule has 0 radical (unpaired) electrons. The molecular weight excluding hydrogens is 290 g/mol. The molecule has 0 fully saturated rings. The topological polar surface area (TPSA) is 133 Å². The van der Waals surface area contributed by atoms with Crippen molar-refractivity contribution in [1.82, 2.24) is 5.32 Å². The first-order chi connectivity index (χ1) is 10.5. The monoisotopic (exact) mass is 323 g/mol. The van der Waals surface area contributed by atoms with Crippen LogP contribution >= 0.6 is 0 Å². The summed E-state index contributed by atoms with van der Waals surface area (Å²) < 4.78 is 0. The van der Waals surface area contributed by atoms with Gasteiger partial charge < -0.3 is 36.0 Å². The second-order valence-corrected chi connectivity index (χ2v) is 5.76. The Morgan fingerprint density at radius 2 is 1.27 bits per heavy atom. The average molecular weight is 323 g/mol. The zero-order valence-electron chi connectivity index (χ0n) is 13.4. The van der Waals surface area contributed by atoms with Gasteiger partial charge in [0, 0.05) is 6.54 Å². The molecule has 0 amide bonds.